The van der Waals surface area contributed by atoms with Crippen LogP contribution in [0.15, 0.2) is 0 Å². The maximum Gasteiger partial charge on any atom is 0.417 e. The summed E-state index contributed by atoms with van der Waals surface area (Å²) in [7, 11) is -3.49. The van der Waals surface area contributed by atoms with E-state index in [9.17, 15) is 41.1 Å². The number of carbonyl (C=O) groups excluding carboxylic acids is 3. The van der Waals surface area contributed by atoms with Crippen LogP contribution >= 0.6 is 0 Å². The number of nitrogens with one attached hydrogen (secondary N) is 1. The Morgan fingerprint density at radius 1 is 0.884 bits per heavy atom. The predicted octanol–water partition coefficient (Wildman–Crippen LogP) is 4.92. The summed E-state index contributed by atoms with van der Waals surface area (Å²) in [5.41, 5.74) is -7.16. The van der Waals surface area contributed by atoms with Crippen molar-refractivity contribution in [2.24, 2.45) is 22.2 Å². The molecule has 4 atom stereocenters. The second kappa shape index (κ2) is 14.4. The molecule has 0 fully saturated rings. The Morgan fingerprint density at radius 3 is 1.81 bits per heavy atom. The quantitative estimate of drug-likeness (QED) is 0.135. The maximum absolute atomic E-state index is 13.7. The van der Waals surface area contributed by atoms with E-state index in [-0.39, 0.29) is 32.4 Å². The summed E-state index contributed by atoms with van der Waals surface area (Å²) in [6.07, 6.45) is -6.21. The van der Waals surface area contributed by atoms with Gasteiger partial charge in [0.05, 0.1) is 23.0 Å². The van der Waals surface area contributed by atoms with Gasteiger partial charge in [-0.25, -0.2) is 13.1 Å². The highest BCUT2D eigenvalue weighted by atomic mass is 32.2. The van der Waals surface area contributed by atoms with Crippen LogP contribution in [-0.4, -0.2) is 74.3 Å². The number of sulfonamides is 1. The third kappa shape index (κ3) is 12.9. The summed E-state index contributed by atoms with van der Waals surface area (Å²) in [5, 5.41) is 9.80. The van der Waals surface area contributed by atoms with Crippen molar-refractivity contribution in [2.75, 3.05) is 19.4 Å². The van der Waals surface area contributed by atoms with Gasteiger partial charge in [-0.1, -0.05) is 27.7 Å². The minimum absolute atomic E-state index is 0.101. The molecule has 0 saturated carbocycles. The lowest BCUT2D eigenvalue weighted by Gasteiger charge is -2.40. The predicted molar refractivity (Wildman–Crippen MR) is 155 cm³/mol. The number of ether oxygens (including phenoxy) is 3. The summed E-state index contributed by atoms with van der Waals surface area (Å²) in [4.78, 5) is 39.9. The number of esters is 3. The normalized spacial score (nSPS) is 17.7. The average Bonchev–Trinajstić information content (AvgIpc) is 2.78. The number of halogens is 3. The smallest absolute Gasteiger partial charge is 0.417 e. The molecule has 0 saturated heterocycles. The number of alkyl halides is 3. The van der Waals surface area contributed by atoms with Crippen LogP contribution < -0.4 is 4.72 Å². The van der Waals surface area contributed by atoms with E-state index >= 15 is 0 Å². The van der Waals surface area contributed by atoms with Crippen molar-refractivity contribution in [3.8, 4) is 0 Å². The number of carbonyl (C=O) groups is 3. The lowest BCUT2D eigenvalue weighted by molar-refractivity contribution is -0.261. The molecule has 43 heavy (non-hydrogen) atoms. The first-order valence-electron chi connectivity index (χ1n) is 14.3. The van der Waals surface area contributed by atoms with Gasteiger partial charge in [-0.2, -0.15) is 13.2 Å². The maximum atomic E-state index is 13.7. The van der Waals surface area contributed by atoms with E-state index < -0.39 is 80.0 Å². The standard InChI is InChI=1S/C29H52F3NO9S/c1-13-27(10,23(36)40-15-14-33-43(12,38)39)18-20(21(34)42-26(8,9)24(3,4)5)17-25(6,7)22(35)41-19(2)16-28(11,37)29(30,31)32/h19-20,33,37H,13-18H2,1-12H3. The Kier molecular flexibility index (Phi) is 13.8. The van der Waals surface area contributed by atoms with Crippen LogP contribution in [0.4, 0.5) is 13.2 Å². The van der Waals surface area contributed by atoms with Gasteiger partial charge >= 0.3 is 24.1 Å². The molecule has 14 heteroatoms. The molecule has 0 heterocycles. The van der Waals surface area contributed by atoms with Crippen molar-refractivity contribution < 1.29 is 55.3 Å². The van der Waals surface area contributed by atoms with Crippen LogP contribution in [0, 0.1) is 22.2 Å². The first-order valence-corrected chi connectivity index (χ1v) is 16.1. The minimum Gasteiger partial charge on any atom is -0.464 e. The summed E-state index contributed by atoms with van der Waals surface area (Å²) < 4.78 is 80.7. The Balaban J connectivity index is 6.11. The van der Waals surface area contributed by atoms with Crippen LogP contribution in [-0.2, 0) is 38.6 Å². The van der Waals surface area contributed by atoms with Crippen LogP contribution in [0.2, 0.25) is 0 Å². The lowest BCUT2D eigenvalue weighted by Crippen LogP contribution is -2.46. The fourth-order valence-corrected chi connectivity index (χ4v) is 4.40. The molecular weight excluding hydrogens is 595 g/mol. The topological polar surface area (TPSA) is 145 Å². The Labute approximate surface area is 254 Å². The van der Waals surface area contributed by atoms with Gasteiger partial charge in [-0.05, 0) is 67.7 Å². The molecule has 0 rings (SSSR count). The van der Waals surface area contributed by atoms with Crippen LogP contribution in [0.3, 0.4) is 0 Å². The second-order valence-corrected chi connectivity index (χ2v) is 15.9. The lowest BCUT2D eigenvalue weighted by atomic mass is 9.72. The zero-order chi connectivity index (χ0) is 34.5. The molecule has 0 aromatic rings. The van der Waals surface area contributed by atoms with E-state index in [1.54, 1.807) is 27.7 Å². The third-order valence-corrected chi connectivity index (χ3v) is 8.81. The molecule has 0 aliphatic carbocycles. The fourth-order valence-electron chi connectivity index (χ4n) is 3.95. The summed E-state index contributed by atoms with van der Waals surface area (Å²) >= 11 is 0. The van der Waals surface area contributed by atoms with Gasteiger partial charge in [0.25, 0.3) is 0 Å². The Bertz CT molecular complexity index is 1080. The first kappa shape index (κ1) is 41.1. The van der Waals surface area contributed by atoms with E-state index in [1.165, 1.54) is 20.8 Å². The van der Waals surface area contributed by atoms with Crippen molar-refractivity contribution in [1.29, 1.82) is 0 Å². The molecule has 0 aromatic heterocycles. The molecule has 0 aliphatic heterocycles. The van der Waals surface area contributed by atoms with Crippen molar-refractivity contribution in [2.45, 2.75) is 125 Å². The molecule has 4 unspecified atom stereocenters. The van der Waals surface area contributed by atoms with E-state index in [1.807, 2.05) is 20.8 Å². The summed E-state index contributed by atoms with van der Waals surface area (Å²) in [5.74, 6) is -3.29. The molecule has 0 aliphatic rings. The van der Waals surface area contributed by atoms with Gasteiger partial charge in [-0.15, -0.1) is 0 Å². The minimum atomic E-state index is -4.93. The molecule has 0 aromatic carbocycles. The highest BCUT2D eigenvalue weighted by Crippen LogP contribution is 2.41. The molecular formula is C29H52F3NO9S. The van der Waals surface area contributed by atoms with Crippen molar-refractivity contribution >= 4 is 27.9 Å². The zero-order valence-electron chi connectivity index (χ0n) is 27.7. The van der Waals surface area contributed by atoms with Crippen molar-refractivity contribution in [3.63, 3.8) is 0 Å². The molecule has 0 bridgehead atoms. The Morgan fingerprint density at radius 2 is 1.40 bits per heavy atom. The molecule has 254 valence electrons. The van der Waals surface area contributed by atoms with E-state index in [0.717, 1.165) is 6.26 Å². The monoisotopic (exact) mass is 647 g/mol. The number of rotatable bonds is 16. The zero-order valence-corrected chi connectivity index (χ0v) is 28.5. The van der Waals surface area contributed by atoms with Gasteiger partial charge in [-0.3, -0.25) is 14.4 Å². The SMILES string of the molecule is CCC(C)(CC(CC(C)(C)C(=O)OC(C)CC(C)(O)C(F)(F)F)C(=O)OC(C)(C)C(C)(C)C)C(=O)OCCNS(C)(=O)=O. The number of aliphatic hydroxyl groups is 1. The first-order chi connectivity index (χ1) is 18.9. The number of hydrogen-bond acceptors (Lipinski definition) is 9. The van der Waals surface area contributed by atoms with Gasteiger partial charge in [0, 0.05) is 18.4 Å². The molecule has 0 radical (unpaired) electrons. The van der Waals surface area contributed by atoms with Crippen molar-refractivity contribution in [3.05, 3.63) is 0 Å². The molecule has 0 amide bonds. The fraction of sp³-hybridized carbons (Fsp3) is 0.897. The van der Waals surface area contributed by atoms with Gasteiger partial charge in [0.1, 0.15) is 18.3 Å². The van der Waals surface area contributed by atoms with Crippen molar-refractivity contribution in [1.82, 2.24) is 4.72 Å². The largest absolute Gasteiger partial charge is 0.464 e. The van der Waals surface area contributed by atoms with Gasteiger partial charge in [0.15, 0.2) is 5.60 Å². The molecule has 0 spiro atoms. The highest BCUT2D eigenvalue weighted by molar-refractivity contribution is 7.88. The van der Waals surface area contributed by atoms with Crippen LogP contribution in [0.1, 0.15) is 102 Å². The van der Waals surface area contributed by atoms with Gasteiger partial charge < -0.3 is 19.3 Å². The molecule has 2 N–H and O–H groups in total. The number of hydrogen-bond donors (Lipinski definition) is 2. The highest BCUT2D eigenvalue weighted by Gasteiger charge is 2.51. The third-order valence-electron chi connectivity index (χ3n) is 8.08. The van der Waals surface area contributed by atoms with E-state index in [2.05, 4.69) is 4.72 Å². The summed E-state index contributed by atoms with van der Waals surface area (Å²) in [6, 6.07) is 0. The van der Waals surface area contributed by atoms with Gasteiger partial charge in [0.2, 0.25) is 10.0 Å². The second-order valence-electron chi connectivity index (χ2n) is 14.1. The van der Waals surface area contributed by atoms with E-state index in [0.29, 0.717) is 6.92 Å². The Hall–Kier alpha value is -1.93. The van der Waals surface area contributed by atoms with Crippen LogP contribution in [0.25, 0.3) is 0 Å². The molecule has 10 nitrogen and oxygen atoms in total. The summed E-state index contributed by atoms with van der Waals surface area (Å²) in [6.45, 7) is 16.8. The van der Waals surface area contributed by atoms with Crippen LogP contribution in [0.5, 0.6) is 0 Å². The average molecular weight is 648 g/mol. The van der Waals surface area contributed by atoms with E-state index in [4.69, 9.17) is 14.2 Å².